The molecule has 0 fully saturated rings. The molecule has 1 aliphatic rings. The molecule has 3 aromatic carbocycles. The van der Waals surface area contributed by atoms with Crippen LogP contribution < -0.4 is 5.32 Å². The van der Waals surface area contributed by atoms with Crippen molar-refractivity contribution in [1.82, 2.24) is 5.32 Å². The number of benzene rings is 3. The normalized spacial score (nSPS) is 19.6. The number of phenols is 1. The van der Waals surface area contributed by atoms with Crippen molar-refractivity contribution in [1.29, 1.82) is 0 Å². The second-order valence-electron chi connectivity index (χ2n) is 6.52. The fourth-order valence-electron chi connectivity index (χ4n) is 3.32. The molecule has 0 unspecified atom stereocenters. The van der Waals surface area contributed by atoms with Crippen LogP contribution in [-0.2, 0) is 0 Å². The van der Waals surface area contributed by atoms with E-state index in [0.717, 1.165) is 26.9 Å². The van der Waals surface area contributed by atoms with Gasteiger partial charge in [-0.25, -0.2) is 0 Å². The maximum absolute atomic E-state index is 10.3. The summed E-state index contributed by atoms with van der Waals surface area (Å²) >= 11 is 9.53. The molecule has 1 heterocycles. The largest absolute Gasteiger partial charge is 0.508 e. The van der Waals surface area contributed by atoms with Crippen molar-refractivity contribution >= 4 is 33.2 Å². The van der Waals surface area contributed by atoms with Gasteiger partial charge >= 0.3 is 0 Å². The summed E-state index contributed by atoms with van der Waals surface area (Å²) in [5, 5.41) is 14.6. The number of hydrogen-bond donors (Lipinski definition) is 2. The topological polar surface area (TPSA) is 44.6 Å². The number of nitrogens with one attached hydrogen (secondary N) is 1. The van der Waals surface area contributed by atoms with E-state index in [2.05, 4.69) is 33.4 Å². The Morgan fingerprint density at radius 2 is 1.67 bits per heavy atom. The highest BCUT2D eigenvalue weighted by Gasteiger charge is 2.27. The molecular formula is C22H18BrClN2O. The third-order valence-corrected chi connectivity index (χ3v) is 5.50. The minimum atomic E-state index is -0.209. The zero-order chi connectivity index (χ0) is 18.8. The van der Waals surface area contributed by atoms with Gasteiger partial charge < -0.3 is 5.11 Å². The lowest BCUT2D eigenvalue weighted by Crippen LogP contribution is -2.33. The lowest BCUT2D eigenvalue weighted by molar-refractivity contribution is 0.413. The van der Waals surface area contributed by atoms with Gasteiger partial charge in [-0.15, -0.1) is 0 Å². The first kappa shape index (κ1) is 18.2. The summed E-state index contributed by atoms with van der Waals surface area (Å²) in [6.07, 6.45) is 0.489. The molecule has 2 atom stereocenters. The van der Waals surface area contributed by atoms with Crippen LogP contribution in [0.4, 0.5) is 0 Å². The zero-order valence-corrected chi connectivity index (χ0v) is 16.8. The molecule has 3 aromatic rings. The lowest BCUT2D eigenvalue weighted by atomic mass is 9.93. The first-order chi connectivity index (χ1) is 13.1. The summed E-state index contributed by atoms with van der Waals surface area (Å²) in [7, 11) is 0. The van der Waals surface area contributed by atoms with Crippen molar-refractivity contribution in [3.63, 3.8) is 0 Å². The van der Waals surface area contributed by atoms with Crippen molar-refractivity contribution in [2.24, 2.45) is 4.99 Å². The van der Waals surface area contributed by atoms with Crippen LogP contribution in [0.5, 0.6) is 5.75 Å². The summed E-state index contributed by atoms with van der Waals surface area (Å²) < 4.78 is 1.03. The fourth-order valence-corrected chi connectivity index (χ4v) is 3.71. The van der Waals surface area contributed by atoms with E-state index < -0.39 is 0 Å². The first-order valence-electron chi connectivity index (χ1n) is 8.72. The van der Waals surface area contributed by atoms with Gasteiger partial charge in [0, 0.05) is 33.2 Å². The number of hydrogen-bond acceptors (Lipinski definition) is 3. The fraction of sp³-hybridized carbons (Fsp3) is 0.136. The van der Waals surface area contributed by atoms with Gasteiger partial charge in [0.2, 0.25) is 0 Å². The van der Waals surface area contributed by atoms with Crippen LogP contribution in [0.3, 0.4) is 0 Å². The van der Waals surface area contributed by atoms with E-state index in [0.29, 0.717) is 17.2 Å². The van der Waals surface area contributed by atoms with E-state index in [1.807, 2.05) is 54.6 Å². The van der Waals surface area contributed by atoms with Gasteiger partial charge in [0.15, 0.2) is 0 Å². The van der Waals surface area contributed by atoms with Gasteiger partial charge in [-0.05, 0) is 41.5 Å². The average Bonchev–Trinajstić information content (AvgIpc) is 2.69. The maximum atomic E-state index is 10.3. The standard InChI is InChI=1S/C22H18BrClN2O/c23-16-9-5-14(6-10-16)19-13-20(18-3-1-2-4-21(18)27)26-22(25-19)15-7-11-17(24)12-8-15/h1-12,20,22,26-27H,13H2/t20-,22+/m0/s1. The van der Waals surface area contributed by atoms with Gasteiger partial charge in [0.1, 0.15) is 11.9 Å². The van der Waals surface area contributed by atoms with E-state index in [4.69, 9.17) is 16.6 Å². The number of nitrogens with zero attached hydrogens (tertiary/aromatic N) is 1. The molecule has 5 heteroatoms. The summed E-state index contributed by atoms with van der Waals surface area (Å²) in [4.78, 5) is 4.95. The molecule has 0 aromatic heterocycles. The molecule has 0 spiro atoms. The highest BCUT2D eigenvalue weighted by Crippen LogP contribution is 2.34. The van der Waals surface area contributed by atoms with Crippen molar-refractivity contribution in [3.8, 4) is 5.75 Å². The van der Waals surface area contributed by atoms with Gasteiger partial charge in [-0.2, -0.15) is 0 Å². The van der Waals surface area contributed by atoms with Crippen molar-refractivity contribution < 1.29 is 5.11 Å². The molecule has 1 aliphatic heterocycles. The van der Waals surface area contributed by atoms with Crippen molar-refractivity contribution in [3.05, 3.63) is 99.0 Å². The van der Waals surface area contributed by atoms with E-state index >= 15 is 0 Å². The number of aromatic hydroxyl groups is 1. The van der Waals surface area contributed by atoms with Crippen LogP contribution in [0.15, 0.2) is 82.3 Å². The third-order valence-electron chi connectivity index (χ3n) is 4.72. The summed E-state index contributed by atoms with van der Waals surface area (Å²) in [5.41, 5.74) is 4.00. The Bertz CT molecular complexity index is 970. The summed E-state index contributed by atoms with van der Waals surface area (Å²) in [6, 6.07) is 23.3. The minimum Gasteiger partial charge on any atom is -0.508 e. The van der Waals surface area contributed by atoms with Gasteiger partial charge in [0.25, 0.3) is 0 Å². The number of rotatable bonds is 3. The molecule has 27 heavy (non-hydrogen) atoms. The number of halogens is 2. The molecule has 0 aliphatic carbocycles. The van der Waals surface area contributed by atoms with Crippen LogP contribution in [0.1, 0.15) is 35.3 Å². The molecule has 0 radical (unpaired) electrons. The predicted molar refractivity (Wildman–Crippen MR) is 113 cm³/mol. The molecule has 3 nitrogen and oxygen atoms in total. The molecule has 4 rings (SSSR count). The average molecular weight is 442 g/mol. The van der Waals surface area contributed by atoms with Crippen LogP contribution in [0.2, 0.25) is 5.02 Å². The molecule has 0 bridgehead atoms. The van der Waals surface area contributed by atoms with Crippen molar-refractivity contribution in [2.75, 3.05) is 0 Å². The third kappa shape index (κ3) is 4.08. The van der Waals surface area contributed by atoms with E-state index in [1.165, 1.54) is 0 Å². The molecule has 0 saturated heterocycles. The van der Waals surface area contributed by atoms with Crippen LogP contribution in [0, 0.1) is 0 Å². The SMILES string of the molecule is Oc1ccccc1[C@@H]1CC(c2ccc(Br)cc2)=N[C@@H](c2ccc(Cl)cc2)N1. The van der Waals surface area contributed by atoms with E-state index in [1.54, 1.807) is 6.07 Å². The Morgan fingerprint density at radius 3 is 2.37 bits per heavy atom. The second kappa shape index (κ2) is 7.85. The molecule has 2 N–H and O–H groups in total. The predicted octanol–water partition coefficient (Wildman–Crippen LogP) is 6.03. The van der Waals surface area contributed by atoms with Crippen LogP contribution >= 0.6 is 27.5 Å². The lowest BCUT2D eigenvalue weighted by Gasteiger charge is -2.31. The monoisotopic (exact) mass is 440 g/mol. The Morgan fingerprint density at radius 1 is 0.963 bits per heavy atom. The Hall–Kier alpha value is -2.14. The van der Waals surface area contributed by atoms with Gasteiger partial charge in [0.05, 0.1) is 0 Å². The molecule has 136 valence electrons. The van der Waals surface area contributed by atoms with Gasteiger partial charge in [-0.3, -0.25) is 10.3 Å². The van der Waals surface area contributed by atoms with E-state index in [-0.39, 0.29) is 12.2 Å². The number of phenolic OH excluding ortho intramolecular Hbond substituents is 1. The van der Waals surface area contributed by atoms with Crippen molar-refractivity contribution in [2.45, 2.75) is 18.6 Å². The highest BCUT2D eigenvalue weighted by molar-refractivity contribution is 9.10. The summed E-state index contributed by atoms with van der Waals surface area (Å²) in [5.74, 6) is 0.293. The smallest absolute Gasteiger partial charge is 0.126 e. The maximum Gasteiger partial charge on any atom is 0.126 e. The quantitative estimate of drug-likeness (QED) is 0.521. The number of para-hydroxylation sites is 1. The molecular weight excluding hydrogens is 424 g/mol. The number of aliphatic imine (C=N–C) groups is 1. The Kier molecular flexibility index (Phi) is 5.30. The zero-order valence-electron chi connectivity index (χ0n) is 14.4. The summed E-state index contributed by atoms with van der Waals surface area (Å²) in [6.45, 7) is 0. The molecule has 0 amide bonds. The second-order valence-corrected chi connectivity index (χ2v) is 7.87. The minimum absolute atomic E-state index is 0.0389. The Balaban J connectivity index is 1.75. The van der Waals surface area contributed by atoms with Crippen LogP contribution in [-0.4, -0.2) is 10.8 Å². The highest BCUT2D eigenvalue weighted by atomic mass is 79.9. The van der Waals surface area contributed by atoms with Crippen LogP contribution in [0.25, 0.3) is 0 Å². The molecule has 0 saturated carbocycles. The Labute approximate surface area is 171 Å². The van der Waals surface area contributed by atoms with E-state index in [9.17, 15) is 5.11 Å². The first-order valence-corrected chi connectivity index (χ1v) is 9.89. The van der Waals surface area contributed by atoms with Gasteiger partial charge in [-0.1, -0.05) is 70.0 Å².